The molecule has 0 aliphatic carbocycles. The Bertz CT molecular complexity index is 428. The Hall–Kier alpha value is -1.55. The standard InChI is InChI=1S/C17H26N2O2/c1-15-8-10-19(11-9-15)17(20)14-18(2)12-13-21-16-6-4-3-5-7-16/h3-7,15H,8-14H2,1-2H3. The zero-order valence-corrected chi connectivity index (χ0v) is 13.1. The van der Waals surface area contributed by atoms with Gasteiger partial charge in [-0.3, -0.25) is 9.69 Å². The van der Waals surface area contributed by atoms with E-state index in [9.17, 15) is 4.79 Å². The Morgan fingerprint density at radius 1 is 1.29 bits per heavy atom. The quantitative estimate of drug-likeness (QED) is 0.805. The summed E-state index contributed by atoms with van der Waals surface area (Å²) in [6, 6.07) is 9.77. The molecule has 0 bridgehead atoms. The van der Waals surface area contributed by atoms with E-state index in [-0.39, 0.29) is 5.91 Å². The van der Waals surface area contributed by atoms with Crippen LogP contribution in [0.3, 0.4) is 0 Å². The number of carbonyl (C=O) groups excluding carboxylic acids is 1. The second-order valence-corrected chi connectivity index (χ2v) is 5.96. The number of piperidine rings is 1. The van der Waals surface area contributed by atoms with Crippen molar-refractivity contribution in [1.82, 2.24) is 9.80 Å². The van der Waals surface area contributed by atoms with Gasteiger partial charge in [-0.2, -0.15) is 0 Å². The molecule has 4 heteroatoms. The third kappa shape index (κ3) is 5.38. The van der Waals surface area contributed by atoms with Gasteiger partial charge in [0.2, 0.25) is 5.91 Å². The number of benzene rings is 1. The van der Waals surface area contributed by atoms with Crippen molar-refractivity contribution in [2.24, 2.45) is 5.92 Å². The maximum atomic E-state index is 12.2. The van der Waals surface area contributed by atoms with E-state index >= 15 is 0 Å². The van der Waals surface area contributed by atoms with Gasteiger partial charge >= 0.3 is 0 Å². The Morgan fingerprint density at radius 2 is 1.95 bits per heavy atom. The molecule has 1 amide bonds. The average Bonchev–Trinajstić information content (AvgIpc) is 2.49. The zero-order valence-electron chi connectivity index (χ0n) is 13.1. The molecular weight excluding hydrogens is 264 g/mol. The maximum absolute atomic E-state index is 12.2. The summed E-state index contributed by atoms with van der Waals surface area (Å²) in [4.78, 5) is 16.2. The van der Waals surface area contributed by atoms with Crippen LogP contribution in [-0.2, 0) is 4.79 Å². The Kier molecular flexibility index (Phi) is 6.05. The highest BCUT2D eigenvalue weighted by Crippen LogP contribution is 2.16. The highest BCUT2D eigenvalue weighted by Gasteiger charge is 2.20. The summed E-state index contributed by atoms with van der Waals surface area (Å²) in [5.41, 5.74) is 0. The predicted molar refractivity (Wildman–Crippen MR) is 84.4 cm³/mol. The number of para-hydroxylation sites is 1. The molecule has 1 fully saturated rings. The Morgan fingerprint density at radius 3 is 2.62 bits per heavy atom. The van der Waals surface area contributed by atoms with Crippen LogP contribution in [0.4, 0.5) is 0 Å². The fraction of sp³-hybridized carbons (Fsp3) is 0.588. The third-order valence-corrected chi connectivity index (χ3v) is 4.03. The Labute approximate surface area is 127 Å². The molecule has 1 aromatic rings. The van der Waals surface area contributed by atoms with Crippen LogP contribution < -0.4 is 4.74 Å². The molecule has 1 aliphatic rings. The van der Waals surface area contributed by atoms with Crippen LogP contribution in [0.15, 0.2) is 30.3 Å². The van der Waals surface area contributed by atoms with Gasteiger partial charge in [-0.15, -0.1) is 0 Å². The molecule has 0 atom stereocenters. The number of carbonyl (C=O) groups is 1. The first kappa shape index (κ1) is 15.8. The molecule has 0 N–H and O–H groups in total. The lowest BCUT2D eigenvalue weighted by atomic mass is 9.99. The van der Waals surface area contributed by atoms with Gasteiger partial charge in [-0.25, -0.2) is 0 Å². The van der Waals surface area contributed by atoms with Crippen LogP contribution >= 0.6 is 0 Å². The van der Waals surface area contributed by atoms with E-state index in [0.29, 0.717) is 13.2 Å². The van der Waals surface area contributed by atoms with E-state index in [0.717, 1.165) is 44.1 Å². The molecule has 1 aliphatic heterocycles. The van der Waals surface area contributed by atoms with Gasteiger partial charge in [0, 0.05) is 19.6 Å². The van der Waals surface area contributed by atoms with Crippen LogP contribution in [0.5, 0.6) is 5.75 Å². The molecule has 1 heterocycles. The highest BCUT2D eigenvalue weighted by atomic mass is 16.5. The SMILES string of the molecule is CC1CCN(C(=O)CN(C)CCOc2ccccc2)CC1. The summed E-state index contributed by atoms with van der Waals surface area (Å²) < 4.78 is 5.65. The van der Waals surface area contributed by atoms with Gasteiger partial charge in [0.05, 0.1) is 6.54 Å². The van der Waals surface area contributed by atoms with E-state index in [1.807, 2.05) is 47.2 Å². The van der Waals surface area contributed by atoms with Crippen molar-refractivity contribution in [3.8, 4) is 5.75 Å². The summed E-state index contributed by atoms with van der Waals surface area (Å²) in [6.45, 7) is 5.92. The second kappa shape index (κ2) is 8.03. The minimum atomic E-state index is 0.240. The van der Waals surface area contributed by atoms with Crippen LogP contribution in [0.25, 0.3) is 0 Å². The second-order valence-electron chi connectivity index (χ2n) is 5.96. The number of rotatable bonds is 6. The number of nitrogens with zero attached hydrogens (tertiary/aromatic N) is 2. The van der Waals surface area contributed by atoms with Gasteiger partial charge in [0.15, 0.2) is 0 Å². The first-order chi connectivity index (χ1) is 10.1. The average molecular weight is 290 g/mol. The smallest absolute Gasteiger partial charge is 0.236 e. The topological polar surface area (TPSA) is 32.8 Å². The monoisotopic (exact) mass is 290 g/mol. The van der Waals surface area contributed by atoms with Gasteiger partial charge in [-0.1, -0.05) is 25.1 Å². The van der Waals surface area contributed by atoms with Crippen molar-refractivity contribution in [3.63, 3.8) is 0 Å². The molecule has 0 radical (unpaired) electrons. The van der Waals surface area contributed by atoms with Crippen LogP contribution in [-0.4, -0.2) is 55.5 Å². The van der Waals surface area contributed by atoms with Crippen molar-refractivity contribution >= 4 is 5.91 Å². The van der Waals surface area contributed by atoms with E-state index in [1.165, 1.54) is 0 Å². The summed E-state index contributed by atoms with van der Waals surface area (Å²) in [5.74, 6) is 1.87. The minimum absolute atomic E-state index is 0.240. The van der Waals surface area contributed by atoms with Gasteiger partial charge in [0.1, 0.15) is 12.4 Å². The van der Waals surface area contributed by atoms with Crippen molar-refractivity contribution < 1.29 is 9.53 Å². The molecular formula is C17H26N2O2. The normalized spacial score (nSPS) is 16.2. The van der Waals surface area contributed by atoms with Crippen molar-refractivity contribution in [2.45, 2.75) is 19.8 Å². The first-order valence-corrected chi connectivity index (χ1v) is 7.79. The van der Waals surface area contributed by atoms with Crippen LogP contribution in [0, 0.1) is 5.92 Å². The maximum Gasteiger partial charge on any atom is 0.236 e. The van der Waals surface area contributed by atoms with Crippen LogP contribution in [0.2, 0.25) is 0 Å². The number of likely N-dealkylation sites (tertiary alicyclic amines) is 1. The molecule has 1 saturated heterocycles. The number of amides is 1. The molecule has 0 saturated carbocycles. The predicted octanol–water partition coefficient (Wildman–Crippen LogP) is 2.26. The largest absolute Gasteiger partial charge is 0.492 e. The highest BCUT2D eigenvalue weighted by molar-refractivity contribution is 5.78. The molecule has 116 valence electrons. The fourth-order valence-electron chi connectivity index (χ4n) is 2.50. The molecule has 2 rings (SSSR count). The van der Waals surface area contributed by atoms with Crippen molar-refractivity contribution in [3.05, 3.63) is 30.3 Å². The van der Waals surface area contributed by atoms with E-state index in [2.05, 4.69) is 6.92 Å². The van der Waals surface area contributed by atoms with E-state index in [4.69, 9.17) is 4.74 Å². The van der Waals surface area contributed by atoms with Gasteiger partial charge < -0.3 is 9.64 Å². The van der Waals surface area contributed by atoms with Gasteiger partial charge in [0.25, 0.3) is 0 Å². The fourth-order valence-corrected chi connectivity index (χ4v) is 2.50. The van der Waals surface area contributed by atoms with Crippen LogP contribution in [0.1, 0.15) is 19.8 Å². The minimum Gasteiger partial charge on any atom is -0.492 e. The lowest BCUT2D eigenvalue weighted by Gasteiger charge is -2.31. The van der Waals surface area contributed by atoms with Gasteiger partial charge in [-0.05, 0) is 37.9 Å². The molecule has 1 aromatic carbocycles. The van der Waals surface area contributed by atoms with E-state index < -0.39 is 0 Å². The summed E-state index contributed by atoms with van der Waals surface area (Å²) >= 11 is 0. The lowest BCUT2D eigenvalue weighted by molar-refractivity contribution is -0.133. The number of ether oxygens (including phenoxy) is 1. The number of hydrogen-bond acceptors (Lipinski definition) is 3. The number of likely N-dealkylation sites (N-methyl/N-ethyl adjacent to an activating group) is 1. The molecule has 4 nitrogen and oxygen atoms in total. The molecule has 21 heavy (non-hydrogen) atoms. The van der Waals surface area contributed by atoms with Crippen molar-refractivity contribution in [2.75, 3.05) is 39.8 Å². The first-order valence-electron chi connectivity index (χ1n) is 7.79. The number of hydrogen-bond donors (Lipinski definition) is 0. The summed E-state index contributed by atoms with van der Waals surface area (Å²) in [7, 11) is 1.97. The molecule has 0 unspecified atom stereocenters. The Balaban J connectivity index is 1.64. The lowest BCUT2D eigenvalue weighted by Crippen LogP contribution is -2.43. The summed E-state index contributed by atoms with van der Waals surface area (Å²) in [5, 5.41) is 0. The van der Waals surface area contributed by atoms with Crippen molar-refractivity contribution in [1.29, 1.82) is 0 Å². The summed E-state index contributed by atoms with van der Waals surface area (Å²) in [6.07, 6.45) is 2.26. The molecule has 0 aromatic heterocycles. The zero-order chi connectivity index (χ0) is 15.1. The molecule has 0 spiro atoms. The van der Waals surface area contributed by atoms with E-state index in [1.54, 1.807) is 0 Å². The third-order valence-electron chi connectivity index (χ3n) is 4.03.